The molecule has 1 N–H and O–H groups in total. The lowest BCUT2D eigenvalue weighted by Gasteiger charge is -2.08. The Morgan fingerprint density at radius 3 is 2.52 bits per heavy atom. The molecule has 3 nitrogen and oxygen atoms in total. The van der Waals surface area contributed by atoms with Crippen LogP contribution in [0.15, 0.2) is 47.4 Å². The lowest BCUT2D eigenvalue weighted by Crippen LogP contribution is -2.26. The Morgan fingerprint density at radius 2 is 1.83 bits per heavy atom. The summed E-state index contributed by atoms with van der Waals surface area (Å²) in [6.45, 7) is 1.76. The Bertz CT molecular complexity index is 779. The van der Waals surface area contributed by atoms with Gasteiger partial charge in [-0.3, -0.25) is 0 Å². The molecule has 23 heavy (non-hydrogen) atoms. The van der Waals surface area contributed by atoms with Crippen LogP contribution in [0.1, 0.15) is 11.1 Å². The molecule has 0 unspecified atom stereocenters. The van der Waals surface area contributed by atoms with Gasteiger partial charge < -0.3 is 0 Å². The van der Waals surface area contributed by atoms with Gasteiger partial charge in [-0.2, -0.15) is 11.8 Å². The van der Waals surface area contributed by atoms with E-state index in [1.807, 2.05) is 0 Å². The predicted octanol–water partition coefficient (Wildman–Crippen LogP) is 3.48. The molecule has 0 fully saturated rings. The largest absolute Gasteiger partial charge is 0.240 e. The fourth-order valence-corrected chi connectivity index (χ4v) is 3.89. The summed E-state index contributed by atoms with van der Waals surface area (Å²) < 4.78 is 53.4. The van der Waals surface area contributed by atoms with Crippen molar-refractivity contribution in [2.24, 2.45) is 0 Å². The van der Waals surface area contributed by atoms with Crippen molar-refractivity contribution in [1.29, 1.82) is 0 Å². The second kappa shape index (κ2) is 7.90. The van der Waals surface area contributed by atoms with Gasteiger partial charge in [0.15, 0.2) is 0 Å². The van der Waals surface area contributed by atoms with Crippen molar-refractivity contribution in [2.75, 3.05) is 12.3 Å². The number of halogens is 2. The van der Waals surface area contributed by atoms with Crippen LogP contribution in [0.25, 0.3) is 0 Å². The van der Waals surface area contributed by atoms with Crippen LogP contribution in [-0.2, 0) is 15.8 Å². The average Bonchev–Trinajstić information content (AvgIpc) is 2.51. The van der Waals surface area contributed by atoms with E-state index in [9.17, 15) is 17.2 Å². The maximum absolute atomic E-state index is 13.4. The van der Waals surface area contributed by atoms with Gasteiger partial charge in [-0.15, -0.1) is 0 Å². The molecule has 7 heteroatoms. The van der Waals surface area contributed by atoms with E-state index in [4.69, 9.17) is 0 Å². The molecule has 0 saturated heterocycles. The molecule has 2 aromatic carbocycles. The lowest BCUT2D eigenvalue weighted by molar-refractivity contribution is 0.579. The fraction of sp³-hybridized carbons (Fsp3) is 0.250. The minimum Gasteiger partial charge on any atom is -0.210 e. The number of rotatable bonds is 7. The number of sulfonamides is 1. The smallest absolute Gasteiger partial charge is 0.210 e. The Morgan fingerprint density at radius 1 is 1.09 bits per heavy atom. The van der Waals surface area contributed by atoms with Crippen LogP contribution < -0.4 is 4.72 Å². The van der Waals surface area contributed by atoms with E-state index in [0.29, 0.717) is 22.6 Å². The first kappa shape index (κ1) is 17.9. The molecule has 0 atom stereocenters. The van der Waals surface area contributed by atoms with E-state index in [1.165, 1.54) is 30.0 Å². The number of aryl methyl sites for hydroxylation is 1. The average molecular weight is 357 g/mol. The highest BCUT2D eigenvalue weighted by atomic mass is 32.2. The van der Waals surface area contributed by atoms with Crippen molar-refractivity contribution in [3.8, 4) is 0 Å². The van der Waals surface area contributed by atoms with Crippen molar-refractivity contribution in [2.45, 2.75) is 17.6 Å². The van der Waals surface area contributed by atoms with Gasteiger partial charge in [0.25, 0.3) is 0 Å². The minimum atomic E-state index is -3.73. The monoisotopic (exact) mass is 357 g/mol. The quantitative estimate of drug-likeness (QED) is 0.772. The third kappa shape index (κ3) is 5.02. The van der Waals surface area contributed by atoms with Gasteiger partial charge in [-0.1, -0.05) is 24.3 Å². The molecular formula is C16H17F2NO2S2. The highest BCUT2D eigenvalue weighted by molar-refractivity contribution is 7.98. The fourth-order valence-electron chi connectivity index (χ4n) is 1.87. The summed E-state index contributed by atoms with van der Waals surface area (Å²) in [5.41, 5.74) is 0.977. The summed E-state index contributed by atoms with van der Waals surface area (Å²) in [4.78, 5) is -0.0975. The van der Waals surface area contributed by atoms with Crippen LogP contribution in [0.5, 0.6) is 0 Å². The first-order chi connectivity index (χ1) is 10.9. The summed E-state index contributed by atoms with van der Waals surface area (Å²) in [5, 5.41) is 0. The Kier molecular flexibility index (Phi) is 6.15. The third-order valence-corrected chi connectivity index (χ3v) is 5.67. The lowest BCUT2D eigenvalue weighted by atomic mass is 10.2. The van der Waals surface area contributed by atoms with Crippen molar-refractivity contribution in [3.05, 3.63) is 65.2 Å². The van der Waals surface area contributed by atoms with Gasteiger partial charge in [0.1, 0.15) is 11.6 Å². The first-order valence-electron chi connectivity index (χ1n) is 6.97. The van der Waals surface area contributed by atoms with Crippen molar-refractivity contribution < 1.29 is 17.2 Å². The van der Waals surface area contributed by atoms with Gasteiger partial charge >= 0.3 is 0 Å². The van der Waals surface area contributed by atoms with Crippen molar-refractivity contribution in [1.82, 2.24) is 4.72 Å². The Balaban J connectivity index is 1.83. The summed E-state index contributed by atoms with van der Waals surface area (Å²) in [5.74, 6) is 0.132. The molecule has 2 aromatic rings. The summed E-state index contributed by atoms with van der Waals surface area (Å²) >= 11 is 1.42. The Labute approximate surface area is 139 Å². The van der Waals surface area contributed by atoms with Crippen LogP contribution >= 0.6 is 11.8 Å². The molecule has 0 radical (unpaired) electrons. The topological polar surface area (TPSA) is 46.2 Å². The summed E-state index contributed by atoms with van der Waals surface area (Å²) in [6.07, 6.45) is 0. The molecule has 0 aliphatic rings. The SMILES string of the molecule is Cc1ccc(S(=O)(=O)NCCSCc2ccccc2F)cc1F. The summed E-state index contributed by atoms with van der Waals surface area (Å²) in [7, 11) is -3.73. The van der Waals surface area contributed by atoms with Gasteiger partial charge in [0.05, 0.1) is 4.90 Å². The normalized spacial score (nSPS) is 11.6. The van der Waals surface area contributed by atoms with Crippen LogP contribution in [-0.4, -0.2) is 20.7 Å². The second-order valence-electron chi connectivity index (χ2n) is 4.95. The van der Waals surface area contributed by atoms with E-state index in [2.05, 4.69) is 4.72 Å². The summed E-state index contributed by atoms with van der Waals surface area (Å²) in [6, 6.07) is 10.3. The third-order valence-electron chi connectivity index (χ3n) is 3.21. The molecule has 0 bridgehead atoms. The first-order valence-corrected chi connectivity index (χ1v) is 9.61. The zero-order chi connectivity index (χ0) is 16.9. The van der Waals surface area contributed by atoms with Gasteiger partial charge in [-0.25, -0.2) is 21.9 Å². The number of nitrogens with one attached hydrogen (secondary N) is 1. The number of hydrogen-bond donors (Lipinski definition) is 1. The van der Waals surface area contributed by atoms with Crippen LogP contribution in [0, 0.1) is 18.6 Å². The van der Waals surface area contributed by atoms with Crippen LogP contribution in [0.2, 0.25) is 0 Å². The molecule has 124 valence electrons. The van der Waals surface area contributed by atoms with Gasteiger partial charge in [0.2, 0.25) is 10.0 Å². The van der Waals surface area contributed by atoms with E-state index < -0.39 is 15.8 Å². The standard InChI is InChI=1S/C16H17F2NO2S2/c1-12-6-7-14(10-16(12)18)23(20,21)19-8-9-22-11-13-4-2-3-5-15(13)17/h2-7,10,19H,8-9,11H2,1H3. The van der Waals surface area contributed by atoms with E-state index >= 15 is 0 Å². The molecule has 0 aromatic heterocycles. The Hall–Kier alpha value is -1.44. The zero-order valence-electron chi connectivity index (χ0n) is 12.6. The van der Waals surface area contributed by atoms with Gasteiger partial charge in [-0.05, 0) is 36.2 Å². The molecule has 0 saturated carbocycles. The van der Waals surface area contributed by atoms with E-state index in [0.717, 1.165) is 6.07 Å². The number of benzene rings is 2. The maximum Gasteiger partial charge on any atom is 0.240 e. The highest BCUT2D eigenvalue weighted by Gasteiger charge is 2.14. The molecule has 0 spiro atoms. The van der Waals surface area contributed by atoms with Gasteiger partial charge in [0, 0.05) is 18.1 Å². The highest BCUT2D eigenvalue weighted by Crippen LogP contribution is 2.16. The molecule has 2 rings (SSSR count). The minimum absolute atomic E-state index is 0.0975. The molecule has 0 amide bonds. The predicted molar refractivity (Wildman–Crippen MR) is 88.9 cm³/mol. The van der Waals surface area contributed by atoms with Crippen molar-refractivity contribution >= 4 is 21.8 Å². The molecule has 0 aliphatic carbocycles. The van der Waals surface area contributed by atoms with Crippen LogP contribution in [0.4, 0.5) is 8.78 Å². The van der Waals surface area contributed by atoms with E-state index in [1.54, 1.807) is 25.1 Å². The molecule has 0 aliphatic heterocycles. The molecular weight excluding hydrogens is 340 g/mol. The number of hydrogen-bond acceptors (Lipinski definition) is 3. The van der Waals surface area contributed by atoms with Crippen LogP contribution in [0.3, 0.4) is 0 Å². The zero-order valence-corrected chi connectivity index (χ0v) is 14.2. The maximum atomic E-state index is 13.4. The van der Waals surface area contributed by atoms with Crippen molar-refractivity contribution in [3.63, 3.8) is 0 Å². The number of thioether (sulfide) groups is 1. The van der Waals surface area contributed by atoms with E-state index in [-0.39, 0.29) is 17.3 Å². The molecule has 0 heterocycles. The second-order valence-corrected chi connectivity index (χ2v) is 7.82.